The van der Waals surface area contributed by atoms with Crippen molar-refractivity contribution in [3.8, 4) is 44.5 Å². The maximum atomic E-state index is 7.05. The minimum atomic E-state index is -0.782. The van der Waals surface area contributed by atoms with Gasteiger partial charge in [-0.1, -0.05) is 267 Å². The number of hydrogen-bond donors (Lipinski definition) is 0. The van der Waals surface area contributed by atoms with E-state index in [9.17, 15) is 0 Å². The van der Waals surface area contributed by atoms with E-state index in [1.165, 1.54) is 77.9 Å². The van der Waals surface area contributed by atoms with Crippen LogP contribution in [0.15, 0.2) is 336 Å². The molecular weight excluding hydrogens is 1120 g/mol. The lowest BCUT2D eigenvalue weighted by molar-refractivity contribution is 0.668. The normalized spacial score (nSPS) is 14.0. The average Bonchev–Trinajstić information content (AvgIpc) is 1.46. The Labute approximate surface area is 532 Å². The molecule has 0 bridgehead atoms. The van der Waals surface area contributed by atoms with Gasteiger partial charge in [0, 0.05) is 44.0 Å². The summed E-state index contributed by atoms with van der Waals surface area (Å²) in [6, 6.07) is 121. The smallest absolute Gasteiger partial charge is 0.159 e. The number of nitrogens with zero attached hydrogens (tertiary/aromatic N) is 2. The first-order valence-corrected chi connectivity index (χ1v) is 31.8. The van der Waals surface area contributed by atoms with Gasteiger partial charge in [0.25, 0.3) is 0 Å². The molecule has 0 saturated heterocycles. The summed E-state index contributed by atoms with van der Waals surface area (Å²) in [5.74, 6) is 0. The molecule has 4 heteroatoms. The van der Waals surface area contributed by atoms with Crippen LogP contribution < -0.4 is 9.80 Å². The molecule has 2 heterocycles. The molecule has 14 aromatic carbocycles. The number of allylic oxidation sites excluding steroid dienone is 2. The molecule has 0 saturated carbocycles. The summed E-state index contributed by atoms with van der Waals surface area (Å²) in [6.45, 7) is 0. The molecule has 20 rings (SSSR count). The summed E-state index contributed by atoms with van der Waals surface area (Å²) in [5, 5.41) is 4.33. The average molecular weight is 1170 g/mol. The summed E-state index contributed by atoms with van der Waals surface area (Å²) >= 11 is 0. The van der Waals surface area contributed by atoms with E-state index in [0.717, 1.165) is 100 Å². The van der Waals surface area contributed by atoms with Crippen molar-refractivity contribution in [1.29, 1.82) is 0 Å². The highest BCUT2D eigenvalue weighted by Crippen LogP contribution is 2.75. The van der Waals surface area contributed by atoms with E-state index >= 15 is 0 Å². The number of hydrogen-bond acceptors (Lipinski definition) is 4. The van der Waals surface area contributed by atoms with Crippen LogP contribution in [0.3, 0.4) is 0 Å². The molecule has 0 unspecified atom stereocenters. The van der Waals surface area contributed by atoms with Gasteiger partial charge < -0.3 is 18.6 Å². The summed E-state index contributed by atoms with van der Waals surface area (Å²) in [7, 11) is 0. The van der Waals surface area contributed by atoms with Crippen molar-refractivity contribution in [2.45, 2.75) is 10.8 Å². The Morgan fingerprint density at radius 2 is 0.533 bits per heavy atom. The zero-order valence-corrected chi connectivity index (χ0v) is 49.9. The number of fused-ring (bicyclic) bond motifs is 24. The van der Waals surface area contributed by atoms with Crippen LogP contribution in [0.25, 0.3) is 99.5 Å². The van der Waals surface area contributed by atoms with E-state index < -0.39 is 10.8 Å². The lowest BCUT2D eigenvalue weighted by atomic mass is 9.66. The Hall–Kier alpha value is -12.0. The largest absolute Gasteiger partial charge is 0.454 e. The van der Waals surface area contributed by atoms with Crippen LogP contribution in [0.4, 0.5) is 34.1 Å². The van der Waals surface area contributed by atoms with E-state index in [2.05, 4.69) is 337 Å². The van der Waals surface area contributed by atoms with E-state index in [1.807, 2.05) is 0 Å². The van der Waals surface area contributed by atoms with E-state index in [-0.39, 0.29) is 0 Å². The standard InChI is InChI=1S/C88H54N2O2/c1-3-25-55(26-4-1)59-29-11-19-43-77(59)89(79-45-23-37-67-65-35-13-21-47-81(65)91-85(67)79)57-49-51-69-75(53-57)87(71-39-15-7-31-61(71)62-32-8-16-40-72(62)87)84-70-52-50-58(54-76(70)88(83(69)84)73-41-17-9-33-63(73)64-34-10-18-42-74(64)88)90(78-44-20-12-30-60(78)56-27-5-2-6-28-56)80-46-24-38-68-66-36-14-22-48-82(66)92-86(68)80/h1-54H. The molecule has 2 aromatic heterocycles. The third kappa shape index (κ3) is 6.74. The van der Waals surface area contributed by atoms with Gasteiger partial charge in [0.1, 0.15) is 11.2 Å². The van der Waals surface area contributed by atoms with Crippen molar-refractivity contribution in [3.05, 3.63) is 372 Å². The fraction of sp³-hybridized carbons (Fsp3) is 0.0227. The molecule has 0 N–H and O–H groups in total. The molecule has 0 aliphatic heterocycles. The lowest BCUT2D eigenvalue weighted by Gasteiger charge is -2.37. The molecule has 2 spiro atoms. The number of benzene rings is 14. The molecule has 4 aliphatic carbocycles. The number of para-hydroxylation sites is 6. The first kappa shape index (κ1) is 51.0. The maximum Gasteiger partial charge on any atom is 0.159 e. The van der Waals surface area contributed by atoms with Gasteiger partial charge in [0.15, 0.2) is 11.2 Å². The quantitative estimate of drug-likeness (QED) is 0.152. The highest BCUT2D eigenvalue weighted by Gasteiger charge is 2.64. The van der Waals surface area contributed by atoms with Crippen LogP contribution in [-0.2, 0) is 10.8 Å². The molecule has 92 heavy (non-hydrogen) atoms. The molecule has 4 nitrogen and oxygen atoms in total. The molecule has 0 amide bonds. The highest BCUT2D eigenvalue weighted by atomic mass is 16.3. The minimum Gasteiger partial charge on any atom is -0.454 e. The summed E-state index contributed by atoms with van der Waals surface area (Å²) in [6.07, 6.45) is 0. The molecule has 16 aromatic rings. The zero-order chi connectivity index (χ0) is 60.2. The van der Waals surface area contributed by atoms with Crippen LogP contribution in [0.2, 0.25) is 0 Å². The number of anilines is 6. The lowest BCUT2D eigenvalue weighted by Crippen LogP contribution is -2.29. The van der Waals surface area contributed by atoms with Crippen molar-refractivity contribution >= 4 is 89.1 Å². The molecular formula is C88H54N2O2. The van der Waals surface area contributed by atoms with Gasteiger partial charge in [0.2, 0.25) is 0 Å². The van der Waals surface area contributed by atoms with Crippen LogP contribution >= 0.6 is 0 Å². The van der Waals surface area contributed by atoms with Crippen molar-refractivity contribution in [1.82, 2.24) is 0 Å². The Kier molecular flexibility index (Phi) is 10.7. The van der Waals surface area contributed by atoms with Gasteiger partial charge in [-0.15, -0.1) is 0 Å². The second kappa shape index (κ2) is 19.3. The number of rotatable bonds is 8. The minimum absolute atomic E-state index is 0.782. The van der Waals surface area contributed by atoms with E-state index in [1.54, 1.807) is 0 Å². The van der Waals surface area contributed by atoms with Crippen LogP contribution in [0.1, 0.15) is 44.5 Å². The first-order valence-electron chi connectivity index (χ1n) is 31.8. The van der Waals surface area contributed by atoms with Gasteiger partial charge in [-0.3, -0.25) is 0 Å². The summed E-state index contributed by atoms with van der Waals surface area (Å²) in [5.41, 5.74) is 30.2. The predicted octanol–water partition coefficient (Wildman–Crippen LogP) is 23.3. The third-order valence-electron chi connectivity index (χ3n) is 20.5. The molecule has 0 atom stereocenters. The Morgan fingerprint density at radius 3 is 0.935 bits per heavy atom. The summed E-state index contributed by atoms with van der Waals surface area (Å²) in [4.78, 5) is 4.94. The molecule has 0 radical (unpaired) electrons. The van der Waals surface area contributed by atoms with Crippen molar-refractivity contribution < 1.29 is 8.83 Å². The van der Waals surface area contributed by atoms with E-state index in [0.29, 0.717) is 0 Å². The van der Waals surface area contributed by atoms with E-state index in [4.69, 9.17) is 8.83 Å². The van der Waals surface area contributed by atoms with Gasteiger partial charge >= 0.3 is 0 Å². The van der Waals surface area contributed by atoms with Crippen molar-refractivity contribution in [3.63, 3.8) is 0 Å². The topological polar surface area (TPSA) is 32.8 Å². The second-order valence-electron chi connectivity index (χ2n) is 24.8. The van der Waals surface area contributed by atoms with Crippen LogP contribution in [0, 0.1) is 0 Å². The predicted molar refractivity (Wildman–Crippen MR) is 378 cm³/mol. The third-order valence-corrected chi connectivity index (χ3v) is 20.5. The molecule has 4 aliphatic rings. The Morgan fingerprint density at radius 1 is 0.217 bits per heavy atom. The van der Waals surface area contributed by atoms with Crippen molar-refractivity contribution in [2.75, 3.05) is 9.80 Å². The highest BCUT2D eigenvalue weighted by molar-refractivity contribution is 6.21. The van der Waals surface area contributed by atoms with Gasteiger partial charge in [-0.05, 0) is 150 Å². The van der Waals surface area contributed by atoms with Gasteiger partial charge in [0.05, 0.1) is 33.6 Å². The van der Waals surface area contributed by atoms with Gasteiger partial charge in [-0.25, -0.2) is 0 Å². The molecule has 428 valence electrons. The van der Waals surface area contributed by atoms with Crippen molar-refractivity contribution in [2.24, 2.45) is 0 Å². The Bertz CT molecular complexity index is 5360. The Balaban J connectivity index is 0.903. The zero-order valence-electron chi connectivity index (χ0n) is 49.9. The van der Waals surface area contributed by atoms with Crippen LogP contribution in [-0.4, -0.2) is 0 Å². The first-order chi connectivity index (χ1) is 45.7. The van der Waals surface area contributed by atoms with Crippen LogP contribution in [0.5, 0.6) is 0 Å². The number of furan rings is 2. The molecule has 0 fully saturated rings. The fourth-order valence-corrected chi connectivity index (χ4v) is 17.0. The monoisotopic (exact) mass is 1170 g/mol. The SMILES string of the molecule is c1ccc(-c2ccccc2N(c2ccc3c(c2)C2(C4=C3C3(c5cc(N(c6ccccc6-c6ccccc6)c6cccc7c6oc6ccccc67)ccc54)c4ccccc4-c4ccccc43)c3ccccc3-c3ccccc32)c2cccc3c2oc2ccccc23)cc1. The maximum absolute atomic E-state index is 7.05. The summed E-state index contributed by atoms with van der Waals surface area (Å²) < 4.78 is 14.1. The van der Waals surface area contributed by atoms with Gasteiger partial charge in [-0.2, -0.15) is 0 Å². The fourth-order valence-electron chi connectivity index (χ4n) is 17.0. The second-order valence-corrected chi connectivity index (χ2v) is 24.8.